The summed E-state index contributed by atoms with van der Waals surface area (Å²) in [5.41, 5.74) is 10.8. The molecule has 0 aromatic heterocycles. The zero-order chi connectivity index (χ0) is 42.4. The largest absolute Gasteiger partial charge is 0.426 e. The van der Waals surface area contributed by atoms with Crippen LogP contribution in [0.15, 0.2) is 109 Å². The summed E-state index contributed by atoms with van der Waals surface area (Å²) in [4.78, 5) is 0. The zero-order valence-corrected chi connectivity index (χ0v) is 38.9. The quantitative estimate of drug-likeness (QED) is 0.138. The van der Waals surface area contributed by atoms with Gasteiger partial charge in [0.15, 0.2) is 0 Å². The molecule has 0 saturated carbocycles. The second kappa shape index (κ2) is 16.7. The molecule has 0 amide bonds. The van der Waals surface area contributed by atoms with Gasteiger partial charge in [-0.3, -0.25) is 0 Å². The van der Waals surface area contributed by atoms with Crippen LogP contribution in [0.1, 0.15) is 114 Å². The van der Waals surface area contributed by atoms with E-state index < -0.39 is 22.6 Å². The van der Waals surface area contributed by atoms with Gasteiger partial charge in [-0.25, -0.2) is 0 Å². The molecule has 0 atom stereocenters. The Hall–Kier alpha value is -3.60. The molecule has 312 valence electrons. The van der Waals surface area contributed by atoms with Crippen LogP contribution in [0.5, 0.6) is 11.5 Å². The van der Waals surface area contributed by atoms with Gasteiger partial charge in [-0.05, 0) is 81.3 Å². The Morgan fingerprint density at radius 1 is 0.441 bits per heavy atom. The SMILES string of the molecule is Cc1cc(-c2ccc(C(C)(C)c3ccccc3)cc2)cc(C(C)(C)C)c1OP1OCC2(CO1)COP(Oc1c(C)cc(C(C)(C)c3ccccc3)cc1C(C)(C)C)OC2. The molecule has 0 radical (unpaired) electrons. The van der Waals surface area contributed by atoms with Crippen molar-refractivity contribution >= 4 is 17.2 Å². The van der Waals surface area contributed by atoms with E-state index in [9.17, 15) is 0 Å². The molecule has 0 bridgehead atoms. The van der Waals surface area contributed by atoms with E-state index in [1.165, 1.54) is 27.8 Å². The fraction of sp³-hybridized carbons (Fsp3) is 0.412. The number of aryl methyl sites for hydroxylation is 2. The fourth-order valence-electron chi connectivity index (χ4n) is 7.89. The molecule has 5 aromatic rings. The summed E-state index contributed by atoms with van der Waals surface area (Å²) in [5, 5.41) is 0. The third-order valence-electron chi connectivity index (χ3n) is 12.1. The van der Waals surface area contributed by atoms with Crippen molar-refractivity contribution in [3.05, 3.63) is 154 Å². The molecule has 2 aliphatic heterocycles. The van der Waals surface area contributed by atoms with Crippen molar-refractivity contribution < 1.29 is 27.1 Å². The molecule has 5 aromatic carbocycles. The molecule has 7 rings (SSSR count). The highest BCUT2D eigenvalue weighted by atomic mass is 31.2. The van der Waals surface area contributed by atoms with Gasteiger partial charge in [-0.1, -0.05) is 166 Å². The number of hydrogen-bond donors (Lipinski definition) is 0. The highest BCUT2D eigenvalue weighted by molar-refractivity contribution is 7.42. The first kappa shape index (κ1) is 43.5. The first-order chi connectivity index (χ1) is 27.8. The van der Waals surface area contributed by atoms with Crippen LogP contribution in [0.4, 0.5) is 0 Å². The normalized spacial score (nSPS) is 20.4. The number of rotatable bonds is 9. The van der Waals surface area contributed by atoms with E-state index in [1.807, 2.05) is 0 Å². The fourth-order valence-corrected chi connectivity index (χ4v) is 10.6. The molecular weight excluding hydrogens is 771 g/mol. The second-order valence-corrected chi connectivity index (χ2v) is 21.9. The first-order valence-electron chi connectivity index (χ1n) is 20.8. The molecule has 8 heteroatoms. The van der Waals surface area contributed by atoms with Crippen LogP contribution in [0.2, 0.25) is 0 Å². The molecule has 2 aliphatic rings. The molecule has 2 fully saturated rings. The molecule has 2 saturated heterocycles. The van der Waals surface area contributed by atoms with Crippen molar-refractivity contribution in [2.75, 3.05) is 26.4 Å². The van der Waals surface area contributed by atoms with Gasteiger partial charge in [0.05, 0.1) is 31.8 Å². The van der Waals surface area contributed by atoms with E-state index in [1.54, 1.807) is 0 Å². The Kier molecular flexibility index (Phi) is 12.3. The summed E-state index contributed by atoms with van der Waals surface area (Å²) in [7, 11) is -3.23. The molecule has 0 N–H and O–H groups in total. The summed E-state index contributed by atoms with van der Waals surface area (Å²) in [6.45, 7) is 28.3. The van der Waals surface area contributed by atoms with Crippen LogP contribution in [0.25, 0.3) is 11.1 Å². The Morgan fingerprint density at radius 2 is 0.831 bits per heavy atom. The topological polar surface area (TPSA) is 55.4 Å². The van der Waals surface area contributed by atoms with Crippen molar-refractivity contribution in [3.63, 3.8) is 0 Å². The van der Waals surface area contributed by atoms with Crippen molar-refractivity contribution in [2.24, 2.45) is 5.41 Å². The van der Waals surface area contributed by atoms with Gasteiger partial charge >= 0.3 is 17.2 Å². The minimum absolute atomic E-state index is 0.0972. The van der Waals surface area contributed by atoms with E-state index >= 15 is 0 Å². The Bertz CT molecular complexity index is 2220. The molecular formula is C51H62O6P2. The zero-order valence-electron chi connectivity index (χ0n) is 37.1. The molecule has 0 unspecified atom stereocenters. The predicted molar refractivity (Wildman–Crippen MR) is 244 cm³/mol. The maximum absolute atomic E-state index is 6.62. The standard InChI is InChI=1S/C51H62O6P2/c1-35-27-38(37-23-25-41(26-24-37)49(9,10)39-19-15-13-16-20-39)29-43(47(3,4)5)45(35)56-58-52-31-51(32-53-58)33-54-59(55-34-51)57-46-36(2)28-42(30-44(46)48(6,7)8)50(11,12)40-21-17-14-18-22-40/h13-30H,31-34H2,1-12H3. The highest BCUT2D eigenvalue weighted by Gasteiger charge is 2.45. The lowest BCUT2D eigenvalue weighted by atomic mass is 9.74. The smallest absolute Gasteiger partial charge is 0.397 e. The second-order valence-electron chi connectivity index (χ2n) is 19.6. The maximum Gasteiger partial charge on any atom is 0.397 e. The van der Waals surface area contributed by atoms with Gasteiger partial charge < -0.3 is 27.1 Å². The van der Waals surface area contributed by atoms with Gasteiger partial charge in [0, 0.05) is 22.0 Å². The van der Waals surface area contributed by atoms with Crippen molar-refractivity contribution in [2.45, 2.75) is 105 Å². The first-order valence-corrected chi connectivity index (χ1v) is 23.0. The van der Waals surface area contributed by atoms with Crippen molar-refractivity contribution in [1.29, 1.82) is 0 Å². The highest BCUT2D eigenvalue weighted by Crippen LogP contribution is 2.56. The average molecular weight is 833 g/mol. The lowest BCUT2D eigenvalue weighted by Crippen LogP contribution is -2.45. The minimum atomic E-state index is -1.62. The van der Waals surface area contributed by atoms with Crippen LogP contribution in [-0.4, -0.2) is 26.4 Å². The van der Waals surface area contributed by atoms with E-state index in [0.717, 1.165) is 39.3 Å². The van der Waals surface area contributed by atoms with Gasteiger partial charge in [0.1, 0.15) is 11.5 Å². The van der Waals surface area contributed by atoms with Gasteiger partial charge in [0.2, 0.25) is 0 Å². The van der Waals surface area contributed by atoms with Gasteiger partial charge in [-0.15, -0.1) is 0 Å². The van der Waals surface area contributed by atoms with Crippen LogP contribution in [0, 0.1) is 19.3 Å². The third-order valence-corrected chi connectivity index (χ3v) is 14.1. The summed E-state index contributed by atoms with van der Waals surface area (Å²) in [5.74, 6) is 1.65. The maximum atomic E-state index is 6.62. The predicted octanol–water partition coefficient (Wildman–Crippen LogP) is 14.2. The van der Waals surface area contributed by atoms with Gasteiger partial charge in [0.25, 0.3) is 0 Å². The molecule has 6 nitrogen and oxygen atoms in total. The van der Waals surface area contributed by atoms with E-state index in [2.05, 4.69) is 192 Å². The molecule has 1 spiro atoms. The lowest BCUT2D eigenvalue weighted by Gasteiger charge is -2.41. The van der Waals surface area contributed by atoms with Crippen LogP contribution in [-0.2, 0) is 39.8 Å². The summed E-state index contributed by atoms with van der Waals surface area (Å²) >= 11 is 0. The Labute approximate surface area is 356 Å². The van der Waals surface area contributed by atoms with Crippen molar-refractivity contribution in [3.8, 4) is 22.6 Å². The summed E-state index contributed by atoms with van der Waals surface area (Å²) in [6, 6.07) is 39.3. The van der Waals surface area contributed by atoms with Crippen LogP contribution < -0.4 is 9.05 Å². The van der Waals surface area contributed by atoms with Crippen LogP contribution >= 0.6 is 17.2 Å². The summed E-state index contributed by atoms with van der Waals surface area (Å²) in [6.07, 6.45) is 0. The third kappa shape index (κ3) is 9.35. The molecule has 0 aliphatic carbocycles. The monoisotopic (exact) mass is 832 g/mol. The molecule has 2 heterocycles. The number of benzene rings is 5. The molecule has 59 heavy (non-hydrogen) atoms. The van der Waals surface area contributed by atoms with Crippen LogP contribution in [0.3, 0.4) is 0 Å². The van der Waals surface area contributed by atoms with Gasteiger partial charge in [-0.2, -0.15) is 0 Å². The summed E-state index contributed by atoms with van der Waals surface area (Å²) < 4.78 is 38.6. The van der Waals surface area contributed by atoms with E-state index in [-0.39, 0.29) is 21.7 Å². The average Bonchev–Trinajstić information content (AvgIpc) is 3.20. The van der Waals surface area contributed by atoms with E-state index in [0.29, 0.717) is 26.4 Å². The Balaban J connectivity index is 1.00. The Morgan fingerprint density at radius 3 is 1.27 bits per heavy atom. The minimum Gasteiger partial charge on any atom is -0.426 e. The lowest BCUT2D eigenvalue weighted by molar-refractivity contribution is -0.0674. The van der Waals surface area contributed by atoms with E-state index in [4.69, 9.17) is 27.1 Å². The number of hydrogen-bond acceptors (Lipinski definition) is 6. The van der Waals surface area contributed by atoms with Crippen molar-refractivity contribution in [1.82, 2.24) is 0 Å².